The molecule has 0 aromatic rings. The predicted octanol–water partition coefficient (Wildman–Crippen LogP) is 1.60. The number of hydrogen-bond donors (Lipinski definition) is 0. The largest absolute Gasteiger partial charge is 0.465 e. The first kappa shape index (κ1) is 7.58. The van der Waals surface area contributed by atoms with Crippen molar-refractivity contribution < 1.29 is 9.53 Å². The van der Waals surface area contributed by atoms with Crippen LogP contribution in [0, 0.1) is 11.8 Å². The molecule has 1 rings (SSSR count). The molecule has 1 saturated carbocycles. The molecule has 1 aliphatic carbocycles. The Hall–Kier alpha value is -0.530. The zero-order chi connectivity index (χ0) is 7.56. The van der Waals surface area contributed by atoms with Gasteiger partial charge in [0.05, 0.1) is 12.5 Å². The Kier molecular flexibility index (Phi) is 2.30. The van der Waals surface area contributed by atoms with Gasteiger partial charge in [-0.2, -0.15) is 0 Å². The van der Waals surface area contributed by atoms with E-state index < -0.39 is 0 Å². The zero-order valence-corrected chi connectivity index (χ0v) is 6.59. The Bertz CT molecular complexity index is 125. The van der Waals surface area contributed by atoms with Gasteiger partial charge < -0.3 is 4.74 Å². The lowest BCUT2D eigenvalue weighted by Crippen LogP contribution is -2.10. The van der Waals surface area contributed by atoms with Crippen molar-refractivity contribution in [1.29, 1.82) is 0 Å². The molecule has 10 heavy (non-hydrogen) atoms. The third-order valence-corrected chi connectivity index (χ3v) is 1.47. The highest BCUT2D eigenvalue weighted by molar-refractivity contribution is 5.74. The van der Waals surface area contributed by atoms with Crippen molar-refractivity contribution in [2.24, 2.45) is 11.8 Å². The van der Waals surface area contributed by atoms with Crippen molar-refractivity contribution in [1.82, 2.24) is 0 Å². The molecule has 0 N–H and O–H groups in total. The van der Waals surface area contributed by atoms with Gasteiger partial charge in [0.25, 0.3) is 0 Å². The molecule has 58 valence electrons. The van der Waals surface area contributed by atoms with Crippen LogP contribution in [-0.4, -0.2) is 12.6 Å². The average Bonchev–Trinajstić information content (AvgIpc) is 2.63. The van der Waals surface area contributed by atoms with E-state index in [0.717, 1.165) is 12.8 Å². The highest BCUT2D eigenvalue weighted by Gasteiger charge is 2.31. The number of ether oxygens (including phenoxy) is 1. The van der Waals surface area contributed by atoms with Gasteiger partial charge in [0.1, 0.15) is 0 Å². The fraction of sp³-hybridized carbons (Fsp3) is 0.875. The summed E-state index contributed by atoms with van der Waals surface area (Å²) in [6.07, 6.45) is 2.08. The quantitative estimate of drug-likeness (QED) is 0.559. The molecule has 0 atom stereocenters. The topological polar surface area (TPSA) is 26.3 Å². The number of carbonyl (C=O) groups excluding carboxylic acids is 1. The normalized spacial score (nSPS) is 17.5. The maximum atomic E-state index is 10.9. The van der Waals surface area contributed by atoms with Crippen LogP contribution < -0.4 is 0 Å². The van der Waals surface area contributed by atoms with Gasteiger partial charge in [-0.25, -0.2) is 0 Å². The summed E-state index contributed by atoms with van der Waals surface area (Å²) in [7, 11) is 0. The molecule has 0 heterocycles. The first-order chi connectivity index (χ1) is 4.70. The van der Waals surface area contributed by atoms with E-state index >= 15 is 0 Å². The monoisotopic (exact) mass is 142 g/mol. The van der Waals surface area contributed by atoms with E-state index in [0.29, 0.717) is 12.5 Å². The smallest absolute Gasteiger partial charge is 0.308 e. The highest BCUT2D eigenvalue weighted by atomic mass is 16.5. The van der Waals surface area contributed by atoms with Gasteiger partial charge in [0.15, 0.2) is 0 Å². The molecular weight excluding hydrogens is 128 g/mol. The minimum atomic E-state index is 0.00806. The van der Waals surface area contributed by atoms with E-state index in [9.17, 15) is 4.79 Å². The molecule has 0 unspecified atom stereocenters. The molecule has 1 fully saturated rings. The summed E-state index contributed by atoms with van der Waals surface area (Å²) in [5.74, 6) is 0.718. The summed E-state index contributed by atoms with van der Waals surface area (Å²) < 4.78 is 4.99. The summed E-state index contributed by atoms with van der Waals surface area (Å²) in [6.45, 7) is 4.66. The molecule has 0 amide bonds. The van der Waals surface area contributed by atoms with E-state index in [4.69, 9.17) is 4.74 Å². The molecule has 0 radical (unpaired) electrons. The van der Waals surface area contributed by atoms with Gasteiger partial charge in [-0.1, -0.05) is 13.8 Å². The first-order valence-electron chi connectivity index (χ1n) is 3.87. The molecule has 2 nitrogen and oxygen atoms in total. The maximum Gasteiger partial charge on any atom is 0.308 e. The Morgan fingerprint density at radius 1 is 1.60 bits per heavy atom. The number of hydrogen-bond acceptors (Lipinski definition) is 2. The van der Waals surface area contributed by atoms with Crippen LogP contribution in [-0.2, 0) is 9.53 Å². The van der Waals surface area contributed by atoms with Crippen molar-refractivity contribution in [3.63, 3.8) is 0 Å². The summed E-state index contributed by atoms with van der Waals surface area (Å²) in [5.41, 5.74) is 0. The van der Waals surface area contributed by atoms with Crippen molar-refractivity contribution in [3.05, 3.63) is 0 Å². The predicted molar refractivity (Wildman–Crippen MR) is 38.5 cm³/mol. The van der Waals surface area contributed by atoms with E-state index in [-0.39, 0.29) is 11.9 Å². The van der Waals surface area contributed by atoms with E-state index in [1.807, 2.05) is 13.8 Å². The van der Waals surface area contributed by atoms with Crippen LogP contribution in [0.5, 0.6) is 0 Å². The zero-order valence-electron chi connectivity index (χ0n) is 6.59. The van der Waals surface area contributed by atoms with Gasteiger partial charge in [-0.05, 0) is 18.8 Å². The Morgan fingerprint density at radius 2 is 2.20 bits per heavy atom. The molecule has 0 aliphatic heterocycles. The number of carbonyl (C=O) groups is 1. The lowest BCUT2D eigenvalue weighted by molar-refractivity contribution is -0.146. The Balaban J connectivity index is 2.06. The second kappa shape index (κ2) is 3.04. The van der Waals surface area contributed by atoms with Crippen LogP contribution in [0.1, 0.15) is 26.7 Å². The lowest BCUT2D eigenvalue weighted by atomic mass is 10.2. The van der Waals surface area contributed by atoms with E-state index in [1.165, 1.54) is 0 Å². The standard InChI is InChI=1S/C8H14O2/c1-6(2)5-10-8(9)7-3-4-7/h6-7H,3-5H2,1-2H3. The van der Waals surface area contributed by atoms with Gasteiger partial charge >= 0.3 is 5.97 Å². The van der Waals surface area contributed by atoms with Crippen molar-refractivity contribution in [3.8, 4) is 0 Å². The van der Waals surface area contributed by atoms with Crippen LogP contribution in [0.4, 0.5) is 0 Å². The van der Waals surface area contributed by atoms with Crippen LogP contribution in [0.2, 0.25) is 0 Å². The minimum absolute atomic E-state index is 0.00806. The number of esters is 1. The van der Waals surface area contributed by atoms with E-state index in [2.05, 4.69) is 0 Å². The molecule has 0 spiro atoms. The maximum absolute atomic E-state index is 10.9. The Labute approximate surface area is 61.6 Å². The summed E-state index contributed by atoms with van der Waals surface area (Å²) in [6, 6.07) is 0. The third kappa shape index (κ3) is 2.38. The minimum Gasteiger partial charge on any atom is -0.465 e. The van der Waals surface area contributed by atoms with Gasteiger partial charge in [-0.3, -0.25) is 4.79 Å². The molecule has 0 aromatic heterocycles. The van der Waals surface area contributed by atoms with Crippen LogP contribution >= 0.6 is 0 Å². The van der Waals surface area contributed by atoms with E-state index in [1.54, 1.807) is 0 Å². The molecule has 2 heteroatoms. The average molecular weight is 142 g/mol. The number of rotatable bonds is 3. The third-order valence-electron chi connectivity index (χ3n) is 1.47. The van der Waals surface area contributed by atoms with Gasteiger partial charge in [-0.15, -0.1) is 0 Å². The van der Waals surface area contributed by atoms with Crippen molar-refractivity contribution >= 4 is 5.97 Å². The molecule has 0 aromatic carbocycles. The first-order valence-corrected chi connectivity index (χ1v) is 3.87. The van der Waals surface area contributed by atoms with Crippen molar-refractivity contribution in [2.45, 2.75) is 26.7 Å². The summed E-state index contributed by atoms with van der Waals surface area (Å²) >= 11 is 0. The lowest BCUT2D eigenvalue weighted by Gasteiger charge is -2.05. The molecular formula is C8H14O2. The SMILES string of the molecule is CC(C)COC(=O)C1CC1. The second-order valence-electron chi connectivity index (χ2n) is 3.30. The second-order valence-corrected chi connectivity index (χ2v) is 3.30. The molecule has 0 bridgehead atoms. The van der Waals surface area contributed by atoms with Crippen LogP contribution in [0.3, 0.4) is 0 Å². The highest BCUT2D eigenvalue weighted by Crippen LogP contribution is 2.30. The van der Waals surface area contributed by atoms with Crippen molar-refractivity contribution in [2.75, 3.05) is 6.61 Å². The molecule has 1 aliphatic rings. The van der Waals surface area contributed by atoms with Gasteiger partial charge in [0.2, 0.25) is 0 Å². The molecule has 0 saturated heterocycles. The fourth-order valence-corrected chi connectivity index (χ4v) is 0.686. The van der Waals surface area contributed by atoms with Gasteiger partial charge in [0, 0.05) is 0 Å². The van der Waals surface area contributed by atoms with Crippen LogP contribution in [0.15, 0.2) is 0 Å². The fourth-order valence-electron chi connectivity index (χ4n) is 0.686. The summed E-state index contributed by atoms with van der Waals surface area (Å²) in [4.78, 5) is 10.9. The van der Waals surface area contributed by atoms with Crippen LogP contribution in [0.25, 0.3) is 0 Å². The Morgan fingerprint density at radius 3 is 2.60 bits per heavy atom. The summed E-state index contributed by atoms with van der Waals surface area (Å²) in [5, 5.41) is 0.